The van der Waals surface area contributed by atoms with E-state index in [1.165, 1.54) is 18.6 Å². The zero-order valence-corrected chi connectivity index (χ0v) is 11.8. The van der Waals surface area contributed by atoms with E-state index in [4.69, 9.17) is 8.94 Å². The molecule has 2 aromatic heterocycles. The van der Waals surface area contributed by atoms with Crippen molar-refractivity contribution >= 4 is 16.0 Å². The van der Waals surface area contributed by atoms with Crippen molar-refractivity contribution in [3.8, 4) is 11.5 Å². The molecule has 3 aromatic rings. The van der Waals surface area contributed by atoms with Crippen molar-refractivity contribution in [3.63, 3.8) is 0 Å². The standard InChI is InChI=1S/C12H6F3N3O4S/c13-8-3-7(4-9(14)10(8)15)23(19,20)18-12-16-11(22-17-12)6-1-2-21-5-6/h1-5H,(H,17,18). The summed E-state index contributed by atoms with van der Waals surface area (Å²) in [6.45, 7) is 0. The van der Waals surface area contributed by atoms with Gasteiger partial charge >= 0.3 is 0 Å². The molecule has 0 unspecified atom stereocenters. The summed E-state index contributed by atoms with van der Waals surface area (Å²) in [4.78, 5) is 2.91. The van der Waals surface area contributed by atoms with Crippen molar-refractivity contribution in [2.24, 2.45) is 0 Å². The molecule has 0 amide bonds. The van der Waals surface area contributed by atoms with Crippen LogP contribution < -0.4 is 4.72 Å². The molecule has 0 radical (unpaired) electrons. The van der Waals surface area contributed by atoms with E-state index in [1.54, 1.807) is 0 Å². The highest BCUT2D eigenvalue weighted by Crippen LogP contribution is 2.22. The molecular weight excluding hydrogens is 339 g/mol. The molecule has 7 nitrogen and oxygen atoms in total. The first-order valence-electron chi connectivity index (χ1n) is 5.90. The molecular formula is C12H6F3N3O4S. The number of sulfonamides is 1. The van der Waals surface area contributed by atoms with Gasteiger partial charge in [-0.15, -0.1) is 0 Å². The summed E-state index contributed by atoms with van der Waals surface area (Å²) >= 11 is 0. The molecule has 0 spiro atoms. The van der Waals surface area contributed by atoms with Crippen molar-refractivity contribution in [2.45, 2.75) is 4.90 Å². The summed E-state index contributed by atoms with van der Waals surface area (Å²) in [6, 6.07) is 2.16. The van der Waals surface area contributed by atoms with Gasteiger partial charge in [-0.2, -0.15) is 4.98 Å². The zero-order chi connectivity index (χ0) is 16.6. The number of furan rings is 1. The van der Waals surface area contributed by atoms with Gasteiger partial charge in [-0.25, -0.2) is 26.3 Å². The van der Waals surface area contributed by atoms with Gasteiger partial charge in [0.05, 0.1) is 16.7 Å². The van der Waals surface area contributed by atoms with Gasteiger partial charge in [0.1, 0.15) is 6.26 Å². The van der Waals surface area contributed by atoms with Gasteiger partial charge in [-0.1, -0.05) is 0 Å². The van der Waals surface area contributed by atoms with Gasteiger partial charge in [0.2, 0.25) is 0 Å². The molecule has 23 heavy (non-hydrogen) atoms. The summed E-state index contributed by atoms with van der Waals surface area (Å²) in [6.07, 6.45) is 2.63. The summed E-state index contributed by atoms with van der Waals surface area (Å²) < 4.78 is 74.6. The van der Waals surface area contributed by atoms with Crippen molar-refractivity contribution in [1.82, 2.24) is 10.1 Å². The number of anilines is 1. The lowest BCUT2D eigenvalue weighted by Gasteiger charge is -2.05. The van der Waals surface area contributed by atoms with Crippen LogP contribution in [-0.2, 0) is 10.0 Å². The van der Waals surface area contributed by atoms with Gasteiger partial charge in [0, 0.05) is 0 Å². The quantitative estimate of drug-likeness (QED) is 0.730. The minimum atomic E-state index is -4.44. The van der Waals surface area contributed by atoms with Crippen LogP contribution in [0.1, 0.15) is 0 Å². The molecule has 0 aliphatic heterocycles. The molecule has 120 valence electrons. The van der Waals surface area contributed by atoms with Crippen LogP contribution in [0.4, 0.5) is 19.1 Å². The van der Waals surface area contributed by atoms with Crippen molar-refractivity contribution in [1.29, 1.82) is 0 Å². The molecule has 0 bridgehead atoms. The third-order valence-electron chi connectivity index (χ3n) is 2.69. The Morgan fingerprint density at radius 3 is 2.43 bits per heavy atom. The Bertz CT molecular complexity index is 931. The first kappa shape index (κ1) is 15.1. The molecule has 1 N–H and O–H groups in total. The molecule has 1 aromatic carbocycles. The maximum absolute atomic E-state index is 13.1. The number of hydrogen-bond acceptors (Lipinski definition) is 6. The molecule has 0 aliphatic carbocycles. The normalized spacial score (nSPS) is 11.6. The predicted molar refractivity (Wildman–Crippen MR) is 69.1 cm³/mol. The Morgan fingerprint density at radius 2 is 1.83 bits per heavy atom. The molecule has 2 heterocycles. The smallest absolute Gasteiger partial charge is 0.277 e. The van der Waals surface area contributed by atoms with E-state index in [2.05, 4.69) is 10.1 Å². The Balaban J connectivity index is 1.90. The highest BCUT2D eigenvalue weighted by Gasteiger charge is 2.22. The highest BCUT2D eigenvalue weighted by atomic mass is 32.2. The fourth-order valence-electron chi connectivity index (χ4n) is 1.63. The first-order valence-corrected chi connectivity index (χ1v) is 7.39. The summed E-state index contributed by atoms with van der Waals surface area (Å²) in [7, 11) is -4.44. The van der Waals surface area contributed by atoms with E-state index in [1.807, 2.05) is 4.72 Å². The lowest BCUT2D eigenvalue weighted by molar-refractivity contribution is 0.432. The molecule has 0 saturated carbocycles. The average Bonchev–Trinajstić information content (AvgIpc) is 3.14. The van der Waals surface area contributed by atoms with E-state index in [9.17, 15) is 21.6 Å². The second-order valence-corrected chi connectivity index (χ2v) is 5.92. The van der Waals surface area contributed by atoms with E-state index >= 15 is 0 Å². The number of nitrogens with one attached hydrogen (secondary N) is 1. The van der Waals surface area contributed by atoms with E-state index in [0.29, 0.717) is 17.7 Å². The third kappa shape index (κ3) is 2.90. The number of hydrogen-bond donors (Lipinski definition) is 1. The Labute approximate surface area is 126 Å². The molecule has 3 rings (SSSR count). The Hall–Kier alpha value is -2.82. The predicted octanol–water partition coefficient (Wildman–Crippen LogP) is 2.55. The fraction of sp³-hybridized carbons (Fsp3) is 0. The minimum Gasteiger partial charge on any atom is -0.472 e. The summed E-state index contributed by atoms with van der Waals surface area (Å²) in [5.74, 6) is -5.56. The van der Waals surface area contributed by atoms with E-state index in [-0.39, 0.29) is 5.89 Å². The molecule has 0 fully saturated rings. The Kier molecular flexibility index (Phi) is 3.56. The number of benzene rings is 1. The average molecular weight is 345 g/mol. The largest absolute Gasteiger partial charge is 0.472 e. The first-order chi connectivity index (χ1) is 10.9. The lowest BCUT2D eigenvalue weighted by Crippen LogP contribution is -2.15. The monoisotopic (exact) mass is 345 g/mol. The minimum absolute atomic E-state index is 0.0343. The van der Waals surface area contributed by atoms with Crippen LogP contribution in [0.2, 0.25) is 0 Å². The molecule has 0 aliphatic rings. The third-order valence-corrected chi connectivity index (χ3v) is 4.00. The Morgan fingerprint density at radius 1 is 1.13 bits per heavy atom. The topological polar surface area (TPSA) is 98.2 Å². The summed E-state index contributed by atoms with van der Waals surface area (Å²) in [5, 5.41) is 3.37. The van der Waals surface area contributed by atoms with Crippen LogP contribution in [0, 0.1) is 17.5 Å². The van der Waals surface area contributed by atoms with E-state index in [0.717, 1.165) is 0 Å². The number of halogens is 3. The molecule has 0 saturated heterocycles. The second-order valence-electron chi connectivity index (χ2n) is 4.24. The van der Waals surface area contributed by atoms with Crippen LogP contribution in [0.25, 0.3) is 11.5 Å². The summed E-state index contributed by atoms with van der Waals surface area (Å²) in [5.41, 5.74) is 0.404. The van der Waals surface area contributed by atoms with Crippen LogP contribution in [0.3, 0.4) is 0 Å². The van der Waals surface area contributed by atoms with Crippen LogP contribution >= 0.6 is 0 Å². The van der Waals surface area contributed by atoms with E-state index < -0.39 is 38.3 Å². The van der Waals surface area contributed by atoms with Gasteiger partial charge in [0.25, 0.3) is 21.9 Å². The zero-order valence-electron chi connectivity index (χ0n) is 11.0. The van der Waals surface area contributed by atoms with Gasteiger partial charge in [-0.3, -0.25) is 0 Å². The van der Waals surface area contributed by atoms with Crippen LogP contribution in [0.15, 0.2) is 44.6 Å². The van der Waals surface area contributed by atoms with Gasteiger partial charge in [-0.05, 0) is 23.4 Å². The number of nitrogens with zero attached hydrogens (tertiary/aromatic N) is 2. The van der Waals surface area contributed by atoms with Crippen molar-refractivity contribution in [2.75, 3.05) is 4.72 Å². The van der Waals surface area contributed by atoms with Crippen molar-refractivity contribution in [3.05, 3.63) is 48.2 Å². The van der Waals surface area contributed by atoms with Crippen LogP contribution in [-0.4, -0.2) is 18.6 Å². The second kappa shape index (κ2) is 5.43. The maximum atomic E-state index is 13.1. The maximum Gasteiger partial charge on any atom is 0.277 e. The number of rotatable bonds is 4. The highest BCUT2D eigenvalue weighted by molar-refractivity contribution is 7.92. The molecule has 11 heteroatoms. The lowest BCUT2D eigenvalue weighted by atomic mass is 10.3. The SMILES string of the molecule is O=S(=O)(Nc1noc(-c2ccoc2)n1)c1cc(F)c(F)c(F)c1. The van der Waals surface area contributed by atoms with Gasteiger partial charge < -0.3 is 8.94 Å². The number of aromatic nitrogens is 2. The van der Waals surface area contributed by atoms with Crippen LogP contribution in [0.5, 0.6) is 0 Å². The fourth-order valence-corrected chi connectivity index (χ4v) is 2.59. The van der Waals surface area contributed by atoms with Gasteiger partial charge in [0.15, 0.2) is 17.5 Å². The van der Waals surface area contributed by atoms with Crippen molar-refractivity contribution < 1.29 is 30.5 Å². The molecule has 0 atom stereocenters.